The van der Waals surface area contributed by atoms with E-state index in [9.17, 15) is 0 Å². The zero-order chi connectivity index (χ0) is 18.1. The topological polar surface area (TPSA) is 62.5 Å². The van der Waals surface area contributed by atoms with Gasteiger partial charge in [0.15, 0.2) is 5.82 Å². The van der Waals surface area contributed by atoms with Gasteiger partial charge >= 0.3 is 0 Å². The molecule has 0 N–H and O–H groups in total. The molecule has 1 saturated heterocycles. The Hall–Kier alpha value is -2.54. The van der Waals surface area contributed by atoms with E-state index >= 15 is 0 Å². The minimum Gasteiger partial charge on any atom is -0.351 e. The van der Waals surface area contributed by atoms with Gasteiger partial charge in [-0.25, -0.2) is 4.98 Å². The van der Waals surface area contributed by atoms with Gasteiger partial charge in [0.1, 0.15) is 5.82 Å². The molecule has 0 amide bonds. The predicted molar refractivity (Wildman–Crippen MR) is 101 cm³/mol. The molecule has 0 aromatic carbocycles. The quantitative estimate of drug-likeness (QED) is 0.720. The van der Waals surface area contributed by atoms with Crippen LogP contribution >= 0.6 is 0 Å². The number of anilines is 1. The lowest BCUT2D eigenvalue weighted by atomic mass is 9.96. The summed E-state index contributed by atoms with van der Waals surface area (Å²) >= 11 is 0. The highest BCUT2D eigenvalue weighted by Crippen LogP contribution is 2.25. The van der Waals surface area contributed by atoms with Crippen LogP contribution in [0.1, 0.15) is 32.2 Å². The van der Waals surface area contributed by atoms with E-state index in [1.807, 2.05) is 24.8 Å². The lowest BCUT2D eigenvalue weighted by Crippen LogP contribution is -2.46. The molecule has 1 fully saturated rings. The summed E-state index contributed by atoms with van der Waals surface area (Å²) in [6, 6.07) is 4.16. The summed E-state index contributed by atoms with van der Waals surface area (Å²) < 4.78 is 2.08. The van der Waals surface area contributed by atoms with Gasteiger partial charge < -0.3 is 4.90 Å². The summed E-state index contributed by atoms with van der Waals surface area (Å²) in [7, 11) is 0. The SMILES string of the molecule is CC(C)(C)c1nnc2c(N3CCN(Cc4ccncc4)CC3)nccn12. The molecule has 1 aliphatic heterocycles. The van der Waals surface area contributed by atoms with Crippen LogP contribution in [0.25, 0.3) is 5.65 Å². The lowest BCUT2D eigenvalue weighted by Gasteiger charge is -2.35. The minimum absolute atomic E-state index is 0.0543. The van der Waals surface area contributed by atoms with Gasteiger partial charge in [0.25, 0.3) is 0 Å². The standard InChI is InChI=1S/C19H25N7/c1-19(2,3)18-23-22-17-16(21-8-9-26(17)18)25-12-10-24(11-13-25)14-15-4-6-20-7-5-15/h4-9H,10-14H2,1-3H3. The Kier molecular flexibility index (Phi) is 4.32. The van der Waals surface area contributed by atoms with Crippen LogP contribution in [0.4, 0.5) is 5.82 Å². The van der Waals surface area contributed by atoms with Crippen LogP contribution in [0.3, 0.4) is 0 Å². The molecule has 0 atom stereocenters. The summed E-state index contributed by atoms with van der Waals surface area (Å²) in [6.07, 6.45) is 7.52. The summed E-state index contributed by atoms with van der Waals surface area (Å²) in [6.45, 7) is 11.3. The van der Waals surface area contributed by atoms with E-state index < -0.39 is 0 Å². The summed E-state index contributed by atoms with van der Waals surface area (Å²) in [5.41, 5.74) is 2.10. The zero-order valence-corrected chi connectivity index (χ0v) is 15.6. The van der Waals surface area contributed by atoms with Crippen molar-refractivity contribution in [2.24, 2.45) is 0 Å². The first-order valence-electron chi connectivity index (χ1n) is 9.09. The average molecular weight is 351 g/mol. The van der Waals surface area contributed by atoms with Crippen LogP contribution in [0.15, 0.2) is 36.9 Å². The highest BCUT2D eigenvalue weighted by Gasteiger charge is 2.25. The van der Waals surface area contributed by atoms with Gasteiger partial charge in [-0.1, -0.05) is 20.8 Å². The highest BCUT2D eigenvalue weighted by atomic mass is 15.3. The van der Waals surface area contributed by atoms with Crippen LogP contribution in [0, 0.1) is 0 Å². The summed E-state index contributed by atoms with van der Waals surface area (Å²) in [4.78, 5) is 13.5. The second kappa shape index (κ2) is 6.64. The third-order valence-electron chi connectivity index (χ3n) is 4.81. The van der Waals surface area contributed by atoms with Crippen molar-refractivity contribution in [1.29, 1.82) is 0 Å². The van der Waals surface area contributed by atoms with E-state index in [0.29, 0.717) is 0 Å². The van der Waals surface area contributed by atoms with E-state index in [1.54, 1.807) is 0 Å². The first-order chi connectivity index (χ1) is 12.5. The Morgan fingerprint density at radius 1 is 0.962 bits per heavy atom. The number of aromatic nitrogens is 5. The van der Waals surface area contributed by atoms with Crippen molar-refractivity contribution in [3.05, 3.63) is 48.3 Å². The number of hydrogen-bond acceptors (Lipinski definition) is 6. The molecule has 3 aromatic heterocycles. The molecule has 4 rings (SSSR count). The van der Waals surface area contributed by atoms with E-state index in [4.69, 9.17) is 0 Å². The molecule has 0 unspecified atom stereocenters. The highest BCUT2D eigenvalue weighted by molar-refractivity contribution is 5.64. The monoisotopic (exact) mass is 351 g/mol. The van der Waals surface area contributed by atoms with E-state index in [1.165, 1.54) is 5.56 Å². The molecule has 7 heteroatoms. The normalized spacial score (nSPS) is 16.3. The molecule has 0 aliphatic carbocycles. The number of piperazine rings is 1. The van der Waals surface area contributed by atoms with Crippen molar-refractivity contribution < 1.29 is 0 Å². The molecule has 3 aromatic rings. The number of pyridine rings is 1. The van der Waals surface area contributed by atoms with Crippen LogP contribution in [0.2, 0.25) is 0 Å². The van der Waals surface area contributed by atoms with Gasteiger partial charge in [0, 0.05) is 62.9 Å². The first kappa shape index (κ1) is 16.9. The van der Waals surface area contributed by atoms with Gasteiger partial charge in [-0.15, -0.1) is 10.2 Å². The molecule has 0 radical (unpaired) electrons. The van der Waals surface area contributed by atoms with Gasteiger partial charge in [-0.05, 0) is 17.7 Å². The number of rotatable bonds is 3. The Morgan fingerprint density at radius 3 is 2.38 bits per heavy atom. The molecule has 136 valence electrons. The first-order valence-corrected chi connectivity index (χ1v) is 9.09. The van der Waals surface area contributed by atoms with Crippen LogP contribution in [0.5, 0.6) is 0 Å². The molecular weight excluding hydrogens is 326 g/mol. The van der Waals surface area contributed by atoms with E-state index in [-0.39, 0.29) is 5.41 Å². The molecule has 26 heavy (non-hydrogen) atoms. The Labute approximate surface area is 153 Å². The van der Waals surface area contributed by atoms with Crippen molar-refractivity contribution >= 4 is 11.5 Å². The van der Waals surface area contributed by atoms with Crippen molar-refractivity contribution in [3.63, 3.8) is 0 Å². The third-order valence-corrected chi connectivity index (χ3v) is 4.81. The van der Waals surface area contributed by atoms with Crippen molar-refractivity contribution in [2.45, 2.75) is 32.7 Å². The smallest absolute Gasteiger partial charge is 0.203 e. The number of nitrogens with zero attached hydrogens (tertiary/aromatic N) is 7. The molecule has 7 nitrogen and oxygen atoms in total. The maximum atomic E-state index is 4.61. The van der Waals surface area contributed by atoms with Gasteiger partial charge in [-0.3, -0.25) is 14.3 Å². The van der Waals surface area contributed by atoms with Crippen LogP contribution in [-0.2, 0) is 12.0 Å². The lowest BCUT2D eigenvalue weighted by molar-refractivity contribution is 0.249. The molecule has 0 bridgehead atoms. The second-order valence-corrected chi connectivity index (χ2v) is 7.84. The Morgan fingerprint density at radius 2 is 1.69 bits per heavy atom. The Balaban J connectivity index is 1.50. The van der Waals surface area contributed by atoms with Crippen LogP contribution in [-0.4, -0.2) is 55.6 Å². The van der Waals surface area contributed by atoms with Crippen molar-refractivity contribution in [2.75, 3.05) is 31.1 Å². The molecule has 1 aliphatic rings. The second-order valence-electron chi connectivity index (χ2n) is 7.84. The van der Waals surface area contributed by atoms with Gasteiger partial charge in [-0.2, -0.15) is 0 Å². The van der Waals surface area contributed by atoms with E-state index in [2.05, 4.69) is 67.3 Å². The molecule has 4 heterocycles. The summed E-state index contributed by atoms with van der Waals surface area (Å²) in [5, 5.41) is 8.86. The minimum atomic E-state index is -0.0543. The molecule has 0 spiro atoms. The van der Waals surface area contributed by atoms with E-state index in [0.717, 1.165) is 50.0 Å². The van der Waals surface area contributed by atoms with Gasteiger partial charge in [0.2, 0.25) is 5.65 Å². The molecular formula is C19H25N7. The fourth-order valence-corrected chi connectivity index (χ4v) is 3.41. The summed E-state index contributed by atoms with van der Waals surface area (Å²) in [5.74, 6) is 1.89. The molecule has 0 saturated carbocycles. The zero-order valence-electron chi connectivity index (χ0n) is 15.6. The van der Waals surface area contributed by atoms with Crippen molar-refractivity contribution in [3.8, 4) is 0 Å². The number of hydrogen-bond donors (Lipinski definition) is 0. The third kappa shape index (κ3) is 3.26. The van der Waals surface area contributed by atoms with Gasteiger partial charge in [0.05, 0.1) is 0 Å². The van der Waals surface area contributed by atoms with Crippen molar-refractivity contribution in [1.82, 2.24) is 29.5 Å². The largest absolute Gasteiger partial charge is 0.351 e. The Bertz CT molecular complexity index is 874. The maximum Gasteiger partial charge on any atom is 0.203 e. The maximum absolute atomic E-state index is 4.61. The average Bonchev–Trinajstić information content (AvgIpc) is 3.08. The fraction of sp³-hybridized carbons (Fsp3) is 0.474. The predicted octanol–water partition coefficient (Wildman–Crippen LogP) is 2.14. The fourth-order valence-electron chi connectivity index (χ4n) is 3.41. The van der Waals surface area contributed by atoms with Crippen LogP contribution < -0.4 is 4.90 Å². The number of fused-ring (bicyclic) bond motifs is 1.